The second kappa shape index (κ2) is 5.93. The lowest BCUT2D eigenvalue weighted by molar-refractivity contribution is 0.0694. The Balaban J connectivity index is 2.08. The predicted octanol–water partition coefficient (Wildman–Crippen LogP) is 3.35. The van der Waals surface area contributed by atoms with E-state index in [0.717, 1.165) is 11.1 Å². The van der Waals surface area contributed by atoms with Crippen LogP contribution in [0.5, 0.6) is 5.75 Å². The molecule has 0 fully saturated rings. The number of carboxylic acids is 1. The van der Waals surface area contributed by atoms with Crippen molar-refractivity contribution in [1.29, 1.82) is 0 Å². The van der Waals surface area contributed by atoms with Crippen LogP contribution in [0, 0.1) is 0 Å². The molecule has 0 saturated heterocycles. The quantitative estimate of drug-likeness (QED) is 0.728. The SMILES string of the molecule is C=Cc1ccc(CNc2ccc(O)c(C(=O)O)c2)cc1. The molecule has 4 nitrogen and oxygen atoms in total. The first-order chi connectivity index (χ1) is 9.60. The van der Waals surface area contributed by atoms with Crippen molar-refractivity contribution in [3.63, 3.8) is 0 Å². The number of aromatic hydroxyl groups is 1. The highest BCUT2D eigenvalue weighted by atomic mass is 16.4. The van der Waals surface area contributed by atoms with Gasteiger partial charge in [-0.3, -0.25) is 0 Å². The average Bonchev–Trinajstić information content (AvgIpc) is 2.46. The number of anilines is 1. The highest BCUT2D eigenvalue weighted by Crippen LogP contribution is 2.21. The Morgan fingerprint density at radius 2 is 1.90 bits per heavy atom. The standard InChI is InChI=1S/C16H15NO3/c1-2-11-3-5-12(6-4-11)10-17-13-7-8-15(18)14(9-13)16(19)20/h2-9,17-18H,1,10H2,(H,19,20). The minimum absolute atomic E-state index is 0.114. The zero-order chi connectivity index (χ0) is 14.5. The van der Waals surface area contributed by atoms with Crippen molar-refractivity contribution in [2.24, 2.45) is 0 Å². The third kappa shape index (κ3) is 3.17. The molecular weight excluding hydrogens is 254 g/mol. The number of hydrogen-bond acceptors (Lipinski definition) is 3. The number of nitrogens with one attached hydrogen (secondary N) is 1. The van der Waals surface area contributed by atoms with E-state index < -0.39 is 5.97 Å². The maximum absolute atomic E-state index is 10.9. The lowest BCUT2D eigenvalue weighted by atomic mass is 10.1. The van der Waals surface area contributed by atoms with Gasteiger partial charge >= 0.3 is 5.97 Å². The molecule has 0 radical (unpaired) electrons. The number of hydrogen-bond donors (Lipinski definition) is 3. The van der Waals surface area contributed by atoms with Gasteiger partial charge in [0.2, 0.25) is 0 Å². The van der Waals surface area contributed by atoms with Crippen molar-refractivity contribution in [2.75, 3.05) is 5.32 Å². The molecule has 0 atom stereocenters. The van der Waals surface area contributed by atoms with Gasteiger partial charge in [0.1, 0.15) is 11.3 Å². The summed E-state index contributed by atoms with van der Waals surface area (Å²) >= 11 is 0. The van der Waals surface area contributed by atoms with Gasteiger partial charge < -0.3 is 15.5 Å². The fourth-order valence-electron chi connectivity index (χ4n) is 1.79. The van der Waals surface area contributed by atoms with Crippen LogP contribution in [0.2, 0.25) is 0 Å². The van der Waals surface area contributed by atoms with Gasteiger partial charge in [-0.2, -0.15) is 0 Å². The zero-order valence-electron chi connectivity index (χ0n) is 10.8. The summed E-state index contributed by atoms with van der Waals surface area (Å²) in [4.78, 5) is 10.9. The molecular formula is C16H15NO3. The largest absolute Gasteiger partial charge is 0.507 e. The van der Waals surface area contributed by atoms with Crippen molar-refractivity contribution >= 4 is 17.7 Å². The topological polar surface area (TPSA) is 69.6 Å². The Bertz CT molecular complexity index is 633. The molecule has 0 aliphatic heterocycles. The summed E-state index contributed by atoms with van der Waals surface area (Å²) in [6.45, 7) is 4.26. The van der Waals surface area contributed by atoms with Crippen LogP contribution in [0.1, 0.15) is 21.5 Å². The summed E-state index contributed by atoms with van der Waals surface area (Å²) in [5.74, 6) is -1.39. The minimum Gasteiger partial charge on any atom is -0.507 e. The zero-order valence-corrected chi connectivity index (χ0v) is 10.8. The molecule has 2 aromatic carbocycles. The summed E-state index contributed by atoms with van der Waals surface area (Å²) in [6, 6.07) is 12.3. The fraction of sp³-hybridized carbons (Fsp3) is 0.0625. The van der Waals surface area contributed by atoms with Gasteiger partial charge in [-0.05, 0) is 29.3 Å². The van der Waals surface area contributed by atoms with E-state index in [-0.39, 0.29) is 11.3 Å². The molecule has 0 spiro atoms. The summed E-state index contributed by atoms with van der Waals surface area (Å²) in [5, 5.41) is 21.5. The molecule has 0 bridgehead atoms. The molecule has 0 heterocycles. The van der Waals surface area contributed by atoms with Gasteiger partial charge in [0.25, 0.3) is 0 Å². The summed E-state index contributed by atoms with van der Waals surface area (Å²) < 4.78 is 0. The Morgan fingerprint density at radius 1 is 1.20 bits per heavy atom. The number of rotatable bonds is 5. The van der Waals surface area contributed by atoms with Gasteiger partial charge in [-0.15, -0.1) is 0 Å². The molecule has 0 saturated carbocycles. The minimum atomic E-state index is -1.15. The molecule has 0 unspecified atom stereocenters. The number of carbonyl (C=O) groups is 1. The molecule has 0 aromatic heterocycles. The second-order valence-corrected chi connectivity index (χ2v) is 4.34. The smallest absolute Gasteiger partial charge is 0.339 e. The normalized spacial score (nSPS) is 10.0. The molecule has 102 valence electrons. The number of aromatic carboxylic acids is 1. The van der Waals surface area contributed by atoms with Crippen LogP contribution in [0.25, 0.3) is 6.08 Å². The fourth-order valence-corrected chi connectivity index (χ4v) is 1.79. The highest BCUT2D eigenvalue weighted by molar-refractivity contribution is 5.92. The number of phenols is 1. The Kier molecular flexibility index (Phi) is 4.05. The molecule has 3 N–H and O–H groups in total. The van der Waals surface area contributed by atoms with E-state index in [9.17, 15) is 9.90 Å². The Morgan fingerprint density at radius 3 is 2.50 bits per heavy atom. The van der Waals surface area contributed by atoms with Crippen LogP contribution >= 0.6 is 0 Å². The average molecular weight is 269 g/mol. The predicted molar refractivity (Wildman–Crippen MR) is 78.9 cm³/mol. The van der Waals surface area contributed by atoms with Crippen LogP contribution in [0.3, 0.4) is 0 Å². The van der Waals surface area contributed by atoms with Crippen molar-refractivity contribution in [3.05, 3.63) is 65.7 Å². The maximum atomic E-state index is 10.9. The van der Waals surface area contributed by atoms with Gasteiger partial charge in [-0.25, -0.2) is 4.79 Å². The lowest BCUT2D eigenvalue weighted by Crippen LogP contribution is -2.02. The van der Waals surface area contributed by atoms with E-state index in [1.807, 2.05) is 24.3 Å². The van der Waals surface area contributed by atoms with E-state index in [1.165, 1.54) is 12.1 Å². The van der Waals surface area contributed by atoms with Crippen LogP contribution < -0.4 is 5.32 Å². The third-order valence-electron chi connectivity index (χ3n) is 2.94. The van der Waals surface area contributed by atoms with Crippen molar-refractivity contribution in [3.8, 4) is 5.75 Å². The molecule has 2 aromatic rings. The third-order valence-corrected chi connectivity index (χ3v) is 2.94. The first-order valence-electron chi connectivity index (χ1n) is 6.11. The molecule has 2 rings (SSSR count). The van der Waals surface area contributed by atoms with Gasteiger partial charge in [0, 0.05) is 12.2 Å². The highest BCUT2D eigenvalue weighted by Gasteiger charge is 2.09. The summed E-state index contributed by atoms with van der Waals surface area (Å²) in [6.07, 6.45) is 1.77. The van der Waals surface area contributed by atoms with Crippen molar-refractivity contribution < 1.29 is 15.0 Å². The van der Waals surface area contributed by atoms with Crippen molar-refractivity contribution in [1.82, 2.24) is 0 Å². The Labute approximate surface area is 117 Å². The first kappa shape index (κ1) is 13.7. The van der Waals surface area contributed by atoms with Crippen LogP contribution in [-0.4, -0.2) is 16.2 Å². The summed E-state index contributed by atoms with van der Waals surface area (Å²) in [5.41, 5.74) is 2.65. The van der Waals surface area contributed by atoms with E-state index in [2.05, 4.69) is 11.9 Å². The molecule has 0 amide bonds. The van der Waals surface area contributed by atoms with E-state index >= 15 is 0 Å². The van der Waals surface area contributed by atoms with Gasteiger partial charge in [-0.1, -0.05) is 36.9 Å². The molecule has 20 heavy (non-hydrogen) atoms. The maximum Gasteiger partial charge on any atom is 0.339 e. The van der Waals surface area contributed by atoms with Crippen molar-refractivity contribution in [2.45, 2.75) is 6.54 Å². The monoisotopic (exact) mass is 269 g/mol. The lowest BCUT2D eigenvalue weighted by Gasteiger charge is -2.08. The van der Waals surface area contributed by atoms with E-state index in [4.69, 9.17) is 5.11 Å². The van der Waals surface area contributed by atoms with E-state index in [0.29, 0.717) is 12.2 Å². The van der Waals surface area contributed by atoms with Crippen LogP contribution in [0.4, 0.5) is 5.69 Å². The van der Waals surface area contributed by atoms with Crippen LogP contribution in [-0.2, 0) is 6.54 Å². The van der Waals surface area contributed by atoms with Gasteiger partial charge in [0.05, 0.1) is 0 Å². The van der Waals surface area contributed by atoms with Gasteiger partial charge in [0.15, 0.2) is 0 Å². The summed E-state index contributed by atoms with van der Waals surface area (Å²) in [7, 11) is 0. The first-order valence-corrected chi connectivity index (χ1v) is 6.11. The second-order valence-electron chi connectivity index (χ2n) is 4.34. The van der Waals surface area contributed by atoms with Crippen LogP contribution in [0.15, 0.2) is 49.0 Å². The number of benzene rings is 2. The molecule has 4 heteroatoms. The molecule has 0 aliphatic carbocycles. The molecule has 0 aliphatic rings. The Hall–Kier alpha value is -2.75. The number of carboxylic acid groups (broad SMARTS) is 1. The van der Waals surface area contributed by atoms with E-state index in [1.54, 1.807) is 12.1 Å².